The highest BCUT2D eigenvalue weighted by atomic mass is 32.2. The molecule has 0 aromatic heterocycles. The lowest BCUT2D eigenvalue weighted by atomic mass is 10.0. The van der Waals surface area contributed by atoms with Crippen molar-refractivity contribution in [2.75, 3.05) is 12.3 Å². The summed E-state index contributed by atoms with van der Waals surface area (Å²) in [6, 6.07) is 8.88. The maximum Gasteiger partial charge on any atom is 0.154 e. The van der Waals surface area contributed by atoms with Crippen molar-refractivity contribution < 1.29 is 8.42 Å². The summed E-state index contributed by atoms with van der Waals surface area (Å²) in [5.41, 5.74) is 2.59. The average Bonchev–Trinajstić information content (AvgIpc) is 2.79. The quantitative estimate of drug-likeness (QED) is 0.878. The molecule has 1 aliphatic heterocycles. The van der Waals surface area contributed by atoms with Gasteiger partial charge in [-0.2, -0.15) is 0 Å². The molecule has 2 rings (SSSR count). The third kappa shape index (κ3) is 3.61. The minimum Gasteiger partial charge on any atom is -0.309 e. The van der Waals surface area contributed by atoms with Crippen LogP contribution in [-0.2, 0) is 16.3 Å². The van der Waals surface area contributed by atoms with Crippen LogP contribution in [0.5, 0.6) is 0 Å². The van der Waals surface area contributed by atoms with E-state index in [-0.39, 0.29) is 11.3 Å². The Hall–Kier alpha value is -0.870. The molecule has 0 amide bonds. The first-order valence-corrected chi connectivity index (χ1v) is 9.32. The zero-order valence-electron chi connectivity index (χ0n) is 12.4. The number of benzene rings is 1. The molecule has 0 spiro atoms. The fraction of sp³-hybridized carbons (Fsp3) is 0.625. The molecule has 20 heavy (non-hydrogen) atoms. The highest BCUT2D eigenvalue weighted by Crippen LogP contribution is 2.22. The number of hydrogen-bond acceptors (Lipinski definition) is 3. The molecular weight excluding hydrogens is 270 g/mol. The summed E-state index contributed by atoms with van der Waals surface area (Å²) >= 11 is 0. The predicted molar refractivity (Wildman–Crippen MR) is 83.7 cm³/mol. The van der Waals surface area contributed by atoms with Gasteiger partial charge in [0, 0.05) is 12.6 Å². The van der Waals surface area contributed by atoms with Gasteiger partial charge in [0.05, 0.1) is 11.0 Å². The van der Waals surface area contributed by atoms with E-state index >= 15 is 0 Å². The fourth-order valence-corrected chi connectivity index (χ4v) is 4.62. The molecule has 1 aliphatic rings. The van der Waals surface area contributed by atoms with Crippen molar-refractivity contribution in [1.82, 2.24) is 5.32 Å². The number of aryl methyl sites for hydroxylation is 1. The van der Waals surface area contributed by atoms with Crippen LogP contribution in [0.1, 0.15) is 50.3 Å². The molecular formula is C16H25NO2S. The van der Waals surface area contributed by atoms with E-state index in [1.54, 1.807) is 0 Å². The second-order valence-corrected chi connectivity index (χ2v) is 8.00. The van der Waals surface area contributed by atoms with Gasteiger partial charge in [-0.1, -0.05) is 38.1 Å². The molecule has 0 radical (unpaired) electrons. The van der Waals surface area contributed by atoms with Crippen molar-refractivity contribution in [3.63, 3.8) is 0 Å². The summed E-state index contributed by atoms with van der Waals surface area (Å²) in [5.74, 6) is 0.362. The van der Waals surface area contributed by atoms with E-state index in [2.05, 4.69) is 43.4 Å². The van der Waals surface area contributed by atoms with Gasteiger partial charge in [0.15, 0.2) is 9.84 Å². The molecule has 112 valence electrons. The van der Waals surface area contributed by atoms with Crippen molar-refractivity contribution in [2.45, 2.75) is 50.8 Å². The summed E-state index contributed by atoms with van der Waals surface area (Å²) in [7, 11) is -2.85. The SMILES string of the molecule is CCc1ccc(C(CC)NCC2CCCS2(=O)=O)cc1. The summed E-state index contributed by atoms with van der Waals surface area (Å²) in [4.78, 5) is 0. The molecule has 1 aromatic rings. The number of hydrogen-bond donors (Lipinski definition) is 1. The topological polar surface area (TPSA) is 46.2 Å². The first-order chi connectivity index (χ1) is 9.56. The first kappa shape index (κ1) is 15.5. The smallest absolute Gasteiger partial charge is 0.154 e. The van der Waals surface area contributed by atoms with Crippen molar-refractivity contribution in [3.05, 3.63) is 35.4 Å². The van der Waals surface area contributed by atoms with E-state index in [1.807, 2.05) is 0 Å². The molecule has 1 aromatic carbocycles. The molecule has 1 heterocycles. The lowest BCUT2D eigenvalue weighted by molar-refractivity contribution is 0.502. The molecule has 0 saturated carbocycles. The van der Waals surface area contributed by atoms with Gasteiger partial charge < -0.3 is 5.32 Å². The van der Waals surface area contributed by atoms with Gasteiger partial charge in [-0.25, -0.2) is 8.42 Å². The largest absolute Gasteiger partial charge is 0.309 e. The van der Waals surface area contributed by atoms with Gasteiger partial charge >= 0.3 is 0 Å². The monoisotopic (exact) mass is 295 g/mol. The van der Waals surface area contributed by atoms with Gasteiger partial charge in [0.2, 0.25) is 0 Å². The van der Waals surface area contributed by atoms with Crippen molar-refractivity contribution >= 4 is 9.84 Å². The van der Waals surface area contributed by atoms with E-state index in [1.165, 1.54) is 11.1 Å². The van der Waals surface area contributed by atoms with Crippen LogP contribution in [0.4, 0.5) is 0 Å². The van der Waals surface area contributed by atoms with E-state index in [9.17, 15) is 8.42 Å². The zero-order valence-corrected chi connectivity index (χ0v) is 13.2. The molecule has 1 N–H and O–H groups in total. The second-order valence-electron chi connectivity index (χ2n) is 5.60. The van der Waals surface area contributed by atoms with Crippen LogP contribution in [0.3, 0.4) is 0 Å². The molecule has 4 heteroatoms. The fourth-order valence-electron chi connectivity index (χ4n) is 2.84. The Balaban J connectivity index is 1.98. The Morgan fingerprint density at radius 2 is 1.95 bits per heavy atom. The van der Waals surface area contributed by atoms with Crippen LogP contribution in [0.2, 0.25) is 0 Å². The van der Waals surface area contributed by atoms with E-state index < -0.39 is 9.84 Å². The Morgan fingerprint density at radius 3 is 2.45 bits per heavy atom. The van der Waals surface area contributed by atoms with E-state index in [0.29, 0.717) is 12.3 Å². The Morgan fingerprint density at radius 1 is 1.25 bits per heavy atom. The molecule has 0 aliphatic carbocycles. The normalized spacial score (nSPS) is 22.8. The molecule has 2 unspecified atom stereocenters. The lowest BCUT2D eigenvalue weighted by Crippen LogP contribution is -2.33. The Bertz CT molecular complexity index is 522. The standard InChI is InChI=1S/C16H25NO2S/c1-3-13-7-9-14(10-8-13)16(4-2)17-12-15-6-5-11-20(15,18)19/h7-10,15-17H,3-6,11-12H2,1-2H3. The molecule has 3 nitrogen and oxygen atoms in total. The summed E-state index contributed by atoms with van der Waals surface area (Å²) in [6.07, 6.45) is 3.64. The minimum absolute atomic E-state index is 0.188. The first-order valence-electron chi connectivity index (χ1n) is 7.60. The summed E-state index contributed by atoms with van der Waals surface area (Å²) < 4.78 is 23.7. The predicted octanol–water partition coefficient (Wildman–Crippen LogP) is 2.87. The summed E-state index contributed by atoms with van der Waals surface area (Å²) in [6.45, 7) is 4.86. The number of nitrogens with one attached hydrogen (secondary N) is 1. The average molecular weight is 295 g/mol. The molecule has 1 saturated heterocycles. The van der Waals surface area contributed by atoms with Crippen LogP contribution >= 0.6 is 0 Å². The van der Waals surface area contributed by atoms with Gasteiger partial charge in [-0.3, -0.25) is 0 Å². The maximum absolute atomic E-state index is 11.8. The summed E-state index contributed by atoms with van der Waals surface area (Å²) in [5, 5.41) is 3.25. The van der Waals surface area contributed by atoms with Crippen LogP contribution in [0.25, 0.3) is 0 Å². The van der Waals surface area contributed by atoms with Gasteiger partial charge in [0.25, 0.3) is 0 Å². The van der Waals surface area contributed by atoms with Crippen molar-refractivity contribution in [3.8, 4) is 0 Å². The highest BCUT2D eigenvalue weighted by molar-refractivity contribution is 7.92. The maximum atomic E-state index is 11.8. The van der Waals surface area contributed by atoms with Crippen LogP contribution in [0, 0.1) is 0 Å². The zero-order chi connectivity index (χ0) is 14.6. The number of rotatable bonds is 6. The third-order valence-corrected chi connectivity index (χ3v) is 6.53. The molecule has 0 bridgehead atoms. The molecule has 2 atom stereocenters. The van der Waals surface area contributed by atoms with E-state index in [0.717, 1.165) is 25.7 Å². The van der Waals surface area contributed by atoms with E-state index in [4.69, 9.17) is 0 Å². The Labute approximate surface area is 122 Å². The van der Waals surface area contributed by atoms with Crippen molar-refractivity contribution in [1.29, 1.82) is 0 Å². The minimum atomic E-state index is -2.85. The van der Waals surface area contributed by atoms with Gasteiger partial charge in [-0.05, 0) is 36.8 Å². The second kappa shape index (κ2) is 6.72. The molecule has 1 fully saturated rings. The van der Waals surface area contributed by atoms with Crippen LogP contribution < -0.4 is 5.32 Å². The van der Waals surface area contributed by atoms with Crippen LogP contribution in [0.15, 0.2) is 24.3 Å². The number of sulfone groups is 1. The highest BCUT2D eigenvalue weighted by Gasteiger charge is 2.31. The van der Waals surface area contributed by atoms with Crippen LogP contribution in [-0.4, -0.2) is 26.0 Å². The van der Waals surface area contributed by atoms with Gasteiger partial charge in [-0.15, -0.1) is 0 Å². The third-order valence-electron chi connectivity index (χ3n) is 4.25. The Kier molecular flexibility index (Phi) is 5.22. The van der Waals surface area contributed by atoms with Crippen molar-refractivity contribution in [2.24, 2.45) is 0 Å². The van der Waals surface area contributed by atoms with Gasteiger partial charge in [0.1, 0.15) is 0 Å². The lowest BCUT2D eigenvalue weighted by Gasteiger charge is -2.20.